The zero-order chi connectivity index (χ0) is 16.9. The predicted molar refractivity (Wildman–Crippen MR) is 99.2 cm³/mol. The van der Waals surface area contributed by atoms with E-state index in [2.05, 4.69) is 20.5 Å². The predicted octanol–water partition coefficient (Wildman–Crippen LogP) is 2.75. The van der Waals surface area contributed by atoms with Crippen LogP contribution in [0.15, 0.2) is 23.6 Å². The molecule has 2 heterocycles. The third kappa shape index (κ3) is 4.46. The minimum absolute atomic E-state index is 0.155. The number of piperazine rings is 1. The van der Waals surface area contributed by atoms with Gasteiger partial charge in [0.15, 0.2) is 0 Å². The van der Waals surface area contributed by atoms with Crippen molar-refractivity contribution in [3.63, 3.8) is 0 Å². The molecule has 0 aliphatic carbocycles. The van der Waals surface area contributed by atoms with Gasteiger partial charge in [-0.1, -0.05) is 23.2 Å². The second kappa shape index (κ2) is 8.27. The van der Waals surface area contributed by atoms with Gasteiger partial charge in [-0.3, -0.25) is 9.69 Å². The number of carbonyl (C=O) groups excluding carboxylic acids is 1. The molecule has 5 nitrogen and oxygen atoms in total. The zero-order valence-electron chi connectivity index (χ0n) is 13.0. The maximum atomic E-state index is 12.2. The number of halogens is 2. The highest BCUT2D eigenvalue weighted by molar-refractivity contribution is 7.13. The lowest BCUT2D eigenvalue weighted by Crippen LogP contribution is -2.46. The van der Waals surface area contributed by atoms with E-state index < -0.39 is 0 Å². The molecule has 3 rings (SSSR count). The molecule has 128 valence electrons. The Morgan fingerprint density at radius 3 is 2.88 bits per heavy atom. The van der Waals surface area contributed by atoms with Crippen molar-refractivity contribution in [1.82, 2.24) is 20.5 Å². The van der Waals surface area contributed by atoms with Crippen LogP contribution in [0.2, 0.25) is 10.0 Å². The van der Waals surface area contributed by atoms with Gasteiger partial charge in [0.2, 0.25) is 0 Å². The van der Waals surface area contributed by atoms with Crippen LogP contribution in [0.3, 0.4) is 0 Å². The van der Waals surface area contributed by atoms with Crippen molar-refractivity contribution in [3.8, 4) is 10.6 Å². The Morgan fingerprint density at radius 1 is 1.33 bits per heavy atom. The lowest BCUT2D eigenvalue weighted by molar-refractivity contribution is 0.0943. The number of hydrogen-bond acceptors (Lipinski definition) is 5. The molecular weight excluding hydrogens is 367 g/mol. The maximum absolute atomic E-state index is 12.2. The van der Waals surface area contributed by atoms with E-state index in [1.165, 1.54) is 11.3 Å². The molecule has 24 heavy (non-hydrogen) atoms. The number of benzene rings is 1. The first-order chi connectivity index (χ1) is 11.6. The van der Waals surface area contributed by atoms with E-state index in [4.69, 9.17) is 23.2 Å². The number of carbonyl (C=O) groups is 1. The minimum atomic E-state index is -0.155. The van der Waals surface area contributed by atoms with E-state index >= 15 is 0 Å². The lowest BCUT2D eigenvalue weighted by atomic mass is 10.2. The van der Waals surface area contributed by atoms with Gasteiger partial charge in [-0.15, -0.1) is 11.3 Å². The van der Waals surface area contributed by atoms with Crippen molar-refractivity contribution >= 4 is 40.4 Å². The summed E-state index contributed by atoms with van der Waals surface area (Å²) in [6.07, 6.45) is 0. The Hall–Kier alpha value is -1.18. The van der Waals surface area contributed by atoms with Crippen molar-refractivity contribution < 1.29 is 4.79 Å². The highest BCUT2D eigenvalue weighted by Crippen LogP contribution is 2.32. The zero-order valence-corrected chi connectivity index (χ0v) is 15.3. The molecule has 0 saturated carbocycles. The van der Waals surface area contributed by atoms with E-state index in [9.17, 15) is 4.79 Å². The molecular formula is C16H18Cl2N4OS. The smallest absolute Gasteiger partial charge is 0.270 e. The number of hydrogen-bond donors (Lipinski definition) is 2. The number of amides is 1. The van der Waals surface area contributed by atoms with Gasteiger partial charge in [0, 0.05) is 55.2 Å². The van der Waals surface area contributed by atoms with Gasteiger partial charge < -0.3 is 10.6 Å². The second-order valence-corrected chi connectivity index (χ2v) is 7.21. The van der Waals surface area contributed by atoms with Crippen molar-refractivity contribution in [2.75, 3.05) is 39.3 Å². The molecule has 0 bridgehead atoms. The van der Waals surface area contributed by atoms with Crippen LogP contribution in [0.25, 0.3) is 10.6 Å². The van der Waals surface area contributed by atoms with E-state index in [0.29, 0.717) is 27.3 Å². The second-order valence-electron chi connectivity index (χ2n) is 5.51. The number of aromatic nitrogens is 1. The molecule has 1 fully saturated rings. The summed E-state index contributed by atoms with van der Waals surface area (Å²) in [6, 6.07) is 5.25. The summed E-state index contributed by atoms with van der Waals surface area (Å²) in [7, 11) is 0. The fourth-order valence-corrected chi connectivity index (χ4v) is 3.91. The molecule has 1 aromatic heterocycles. The van der Waals surface area contributed by atoms with Crippen LogP contribution in [0.1, 0.15) is 10.5 Å². The Morgan fingerprint density at radius 2 is 2.12 bits per heavy atom. The van der Waals surface area contributed by atoms with Crippen LogP contribution in [-0.4, -0.2) is 55.1 Å². The third-order valence-electron chi connectivity index (χ3n) is 3.82. The first kappa shape index (κ1) is 17.6. The number of thiazole rings is 1. The first-order valence-corrected chi connectivity index (χ1v) is 9.39. The SMILES string of the molecule is O=C(NCCN1CCNCC1)c1csc(-c2ccc(Cl)cc2Cl)n1. The van der Waals surface area contributed by atoms with E-state index in [1.807, 2.05) is 6.07 Å². The molecule has 0 radical (unpaired) electrons. The van der Waals surface area contributed by atoms with Crippen LogP contribution < -0.4 is 10.6 Å². The first-order valence-electron chi connectivity index (χ1n) is 7.76. The molecule has 0 spiro atoms. The van der Waals surface area contributed by atoms with Crippen molar-refractivity contribution in [2.24, 2.45) is 0 Å². The molecule has 1 saturated heterocycles. The highest BCUT2D eigenvalue weighted by Gasteiger charge is 2.14. The van der Waals surface area contributed by atoms with Crippen molar-refractivity contribution in [3.05, 3.63) is 39.3 Å². The van der Waals surface area contributed by atoms with Crippen molar-refractivity contribution in [1.29, 1.82) is 0 Å². The van der Waals surface area contributed by atoms with Gasteiger partial charge in [0.1, 0.15) is 10.7 Å². The highest BCUT2D eigenvalue weighted by atomic mass is 35.5. The quantitative estimate of drug-likeness (QED) is 0.831. The fourth-order valence-electron chi connectivity index (χ4n) is 2.52. The summed E-state index contributed by atoms with van der Waals surface area (Å²) >= 11 is 13.5. The summed E-state index contributed by atoms with van der Waals surface area (Å²) in [6.45, 7) is 5.52. The van der Waals surface area contributed by atoms with Crippen LogP contribution in [0.5, 0.6) is 0 Å². The Balaban J connectivity index is 1.57. The average molecular weight is 385 g/mol. The summed E-state index contributed by atoms with van der Waals surface area (Å²) < 4.78 is 0. The molecule has 1 amide bonds. The summed E-state index contributed by atoms with van der Waals surface area (Å²) in [5.41, 5.74) is 1.20. The molecule has 1 aliphatic heterocycles. The maximum Gasteiger partial charge on any atom is 0.270 e. The van der Waals surface area contributed by atoms with Gasteiger partial charge in [-0.05, 0) is 18.2 Å². The standard InChI is InChI=1S/C16H18Cl2N4OS/c17-11-1-2-12(13(18)9-11)16-21-14(10-24-16)15(23)20-5-8-22-6-3-19-4-7-22/h1-2,9-10,19H,3-8H2,(H,20,23). The summed E-state index contributed by atoms with van der Waals surface area (Å²) in [5, 5.41) is 9.80. The number of nitrogens with zero attached hydrogens (tertiary/aromatic N) is 2. The Kier molecular flexibility index (Phi) is 6.08. The molecule has 1 aliphatic rings. The largest absolute Gasteiger partial charge is 0.349 e. The van der Waals surface area contributed by atoms with Crippen LogP contribution in [0, 0.1) is 0 Å². The number of rotatable bonds is 5. The van der Waals surface area contributed by atoms with E-state index in [-0.39, 0.29) is 5.91 Å². The van der Waals surface area contributed by atoms with Crippen molar-refractivity contribution in [2.45, 2.75) is 0 Å². The van der Waals surface area contributed by atoms with Gasteiger partial charge in [-0.25, -0.2) is 4.98 Å². The molecule has 1 aromatic carbocycles. The summed E-state index contributed by atoms with van der Waals surface area (Å²) in [5.74, 6) is -0.155. The lowest BCUT2D eigenvalue weighted by Gasteiger charge is -2.26. The summed E-state index contributed by atoms with van der Waals surface area (Å²) in [4.78, 5) is 18.9. The fraction of sp³-hybridized carbons (Fsp3) is 0.375. The van der Waals surface area contributed by atoms with Gasteiger partial charge >= 0.3 is 0 Å². The molecule has 2 aromatic rings. The minimum Gasteiger partial charge on any atom is -0.349 e. The van der Waals surface area contributed by atoms with Crippen LogP contribution in [-0.2, 0) is 0 Å². The Bertz CT molecular complexity index is 716. The normalized spacial score (nSPS) is 15.4. The van der Waals surface area contributed by atoms with Gasteiger partial charge in [0.05, 0.1) is 5.02 Å². The molecule has 2 N–H and O–H groups in total. The van der Waals surface area contributed by atoms with Crippen LogP contribution in [0.4, 0.5) is 0 Å². The Labute approximate surface area is 155 Å². The molecule has 0 atom stereocenters. The van der Waals surface area contributed by atoms with Crippen LogP contribution >= 0.6 is 34.5 Å². The topological polar surface area (TPSA) is 57.3 Å². The monoisotopic (exact) mass is 384 g/mol. The number of nitrogens with one attached hydrogen (secondary N) is 2. The van der Waals surface area contributed by atoms with E-state index in [1.54, 1.807) is 17.5 Å². The molecule has 8 heteroatoms. The van der Waals surface area contributed by atoms with E-state index in [0.717, 1.165) is 38.3 Å². The average Bonchev–Trinajstić information content (AvgIpc) is 3.05. The van der Waals surface area contributed by atoms with Gasteiger partial charge in [-0.2, -0.15) is 0 Å². The van der Waals surface area contributed by atoms with Gasteiger partial charge in [0.25, 0.3) is 5.91 Å². The third-order valence-corrected chi connectivity index (χ3v) is 5.24. The molecule has 0 unspecified atom stereocenters.